The summed E-state index contributed by atoms with van der Waals surface area (Å²) in [5.41, 5.74) is 23.6. The second-order valence-electron chi connectivity index (χ2n) is 16.7. The van der Waals surface area contributed by atoms with Crippen LogP contribution in [0.25, 0.3) is 87.6 Å². The van der Waals surface area contributed by atoms with Crippen molar-refractivity contribution in [3.63, 3.8) is 0 Å². The fourth-order valence-electron chi connectivity index (χ4n) is 10.2. The SMILES string of the molecule is Bc1c(B)c(B)c2c(-c3ccc4oc5c6ccccc6ccc5c4c3)c3c(B)c(B)c(B)c(B)c3c(-c3ccc4c(c3)-c3ccccc3C4(C)C)c2c1B. The molecule has 0 N–H and O–H groups in total. The first-order valence-electron chi connectivity index (χ1n) is 19.4. The quantitative estimate of drug-likeness (QED) is 0.165. The van der Waals surface area contributed by atoms with Gasteiger partial charge < -0.3 is 4.42 Å². The molecule has 0 fully saturated rings. The molecule has 0 aliphatic heterocycles. The van der Waals surface area contributed by atoms with Crippen LogP contribution in [0, 0.1) is 0 Å². The maximum Gasteiger partial charge on any atom is 0.143 e. The zero-order valence-electron chi connectivity index (χ0n) is 33.1. The normalized spacial score (nSPS) is 13.4. The van der Waals surface area contributed by atoms with Gasteiger partial charge in [-0.3, -0.25) is 0 Å². The van der Waals surface area contributed by atoms with Gasteiger partial charge in [0.05, 0.1) is 0 Å². The first kappa shape index (κ1) is 33.4. The lowest BCUT2D eigenvalue weighted by atomic mass is 9.59. The van der Waals surface area contributed by atoms with Crippen molar-refractivity contribution in [2.75, 3.05) is 0 Å². The Balaban J connectivity index is 1.39. The van der Waals surface area contributed by atoms with Gasteiger partial charge in [-0.15, -0.1) is 21.9 Å². The summed E-state index contributed by atoms with van der Waals surface area (Å²) >= 11 is 0. The molecule has 0 atom stereocenters. The molecule has 1 heterocycles. The van der Waals surface area contributed by atoms with Gasteiger partial charge >= 0.3 is 0 Å². The monoisotopic (exact) mass is 682 g/mol. The minimum atomic E-state index is -0.0406. The van der Waals surface area contributed by atoms with Crippen LogP contribution in [0.4, 0.5) is 0 Å². The Morgan fingerprint density at radius 1 is 0.426 bits per heavy atom. The van der Waals surface area contributed by atoms with Crippen LogP contribution < -0.4 is 43.7 Å². The van der Waals surface area contributed by atoms with E-state index in [1.54, 1.807) is 0 Å². The molecule has 1 aliphatic rings. The highest BCUT2D eigenvalue weighted by atomic mass is 16.3. The predicted molar refractivity (Wildman–Crippen MR) is 260 cm³/mol. The zero-order valence-corrected chi connectivity index (χ0v) is 33.1. The second-order valence-corrected chi connectivity index (χ2v) is 16.7. The third-order valence-corrected chi connectivity index (χ3v) is 13.9. The third-order valence-electron chi connectivity index (χ3n) is 13.9. The molecule has 9 heteroatoms. The van der Waals surface area contributed by atoms with Gasteiger partial charge in [-0.05, 0) is 95.7 Å². The van der Waals surface area contributed by atoms with E-state index in [1.807, 2.05) is 0 Å². The predicted octanol–water partition coefficient (Wildman–Crippen LogP) is -1.25. The topological polar surface area (TPSA) is 13.1 Å². The Morgan fingerprint density at radius 3 is 1.57 bits per heavy atom. The number of fused-ring (bicyclic) bond motifs is 10. The summed E-state index contributed by atoms with van der Waals surface area (Å²) in [7, 11) is 18.7. The second kappa shape index (κ2) is 11.4. The van der Waals surface area contributed by atoms with E-state index in [4.69, 9.17) is 4.42 Å². The molecule has 0 saturated carbocycles. The summed E-state index contributed by atoms with van der Waals surface area (Å²) in [4.78, 5) is 0. The minimum absolute atomic E-state index is 0.0406. The molecule has 0 amide bonds. The molecule has 0 bridgehead atoms. The number of hydrogen-bond acceptors (Lipinski definition) is 1. The highest BCUT2D eigenvalue weighted by molar-refractivity contribution is 6.71. The van der Waals surface area contributed by atoms with Crippen LogP contribution in [-0.2, 0) is 5.41 Å². The number of hydrogen-bond donors (Lipinski definition) is 0. The van der Waals surface area contributed by atoms with E-state index in [1.165, 1.54) is 115 Å². The van der Waals surface area contributed by atoms with Gasteiger partial charge in [0, 0.05) is 21.6 Å². The fourth-order valence-corrected chi connectivity index (χ4v) is 10.2. The molecule has 0 radical (unpaired) electrons. The third kappa shape index (κ3) is 4.27. The van der Waals surface area contributed by atoms with E-state index in [0.717, 1.165) is 27.3 Å². The van der Waals surface area contributed by atoms with Crippen LogP contribution in [0.15, 0.2) is 101 Å². The summed E-state index contributed by atoms with van der Waals surface area (Å²) in [6, 6.07) is 36.3. The van der Waals surface area contributed by atoms with E-state index in [2.05, 4.69) is 174 Å². The Kier molecular flexibility index (Phi) is 7.08. The largest absolute Gasteiger partial charge is 0.455 e. The van der Waals surface area contributed by atoms with Crippen LogP contribution in [0.5, 0.6) is 0 Å². The van der Waals surface area contributed by atoms with Gasteiger partial charge in [0.25, 0.3) is 0 Å². The van der Waals surface area contributed by atoms with Crippen LogP contribution in [0.2, 0.25) is 0 Å². The van der Waals surface area contributed by atoms with Crippen molar-refractivity contribution >= 4 is 161 Å². The first-order valence-corrected chi connectivity index (χ1v) is 19.4. The maximum absolute atomic E-state index is 6.64. The maximum atomic E-state index is 6.64. The smallest absolute Gasteiger partial charge is 0.143 e. The first-order chi connectivity index (χ1) is 25.9. The highest BCUT2D eigenvalue weighted by Gasteiger charge is 2.35. The van der Waals surface area contributed by atoms with E-state index in [9.17, 15) is 0 Å². The van der Waals surface area contributed by atoms with E-state index < -0.39 is 0 Å². The van der Waals surface area contributed by atoms with Gasteiger partial charge in [-0.1, -0.05) is 108 Å². The highest BCUT2D eigenvalue weighted by Crippen LogP contribution is 2.51. The van der Waals surface area contributed by atoms with Crippen LogP contribution >= 0.6 is 0 Å². The lowest BCUT2D eigenvalue weighted by molar-refractivity contribution is 0.660. The fraction of sp³-hybridized carbons (Fsp3) is 0.0667. The van der Waals surface area contributed by atoms with Gasteiger partial charge in [0.15, 0.2) is 0 Å². The molecule has 10 rings (SSSR count). The minimum Gasteiger partial charge on any atom is -0.455 e. The lowest BCUT2D eigenvalue weighted by Crippen LogP contribution is -2.50. The van der Waals surface area contributed by atoms with Crippen molar-refractivity contribution in [1.82, 2.24) is 0 Å². The van der Waals surface area contributed by atoms with Gasteiger partial charge in [0.1, 0.15) is 73.9 Å². The summed E-state index contributed by atoms with van der Waals surface area (Å²) in [5, 5.41) is 10.2. The summed E-state index contributed by atoms with van der Waals surface area (Å²) in [6.07, 6.45) is 0. The van der Waals surface area contributed by atoms with Crippen molar-refractivity contribution in [2.45, 2.75) is 19.3 Å². The van der Waals surface area contributed by atoms with Crippen molar-refractivity contribution in [1.29, 1.82) is 0 Å². The molecule has 1 nitrogen and oxygen atoms in total. The Morgan fingerprint density at radius 2 is 0.944 bits per heavy atom. The molecule has 248 valence electrons. The summed E-state index contributed by atoms with van der Waals surface area (Å²) in [6.45, 7) is 4.75. The Labute approximate surface area is 324 Å². The molecular formula is C45H38B8O. The number of furan rings is 1. The molecule has 1 aromatic heterocycles. The molecule has 54 heavy (non-hydrogen) atoms. The number of benzene rings is 8. The Bertz CT molecular complexity index is 3090. The average molecular weight is 681 g/mol. The summed E-state index contributed by atoms with van der Waals surface area (Å²) < 4.78 is 6.64. The lowest BCUT2D eigenvalue weighted by Gasteiger charge is -2.28. The number of rotatable bonds is 2. The van der Waals surface area contributed by atoms with Crippen LogP contribution in [0.3, 0.4) is 0 Å². The van der Waals surface area contributed by atoms with E-state index in [0.29, 0.717) is 0 Å². The molecule has 1 aliphatic carbocycles. The standard InChI is InChI=1S/C45H38B8O/c1-45(2)27-10-6-5-9-23(27)25-17-20(12-15-28(25)45)30-32-34(38(48)42(52)40(50)36(32)46)31(35-33(30)37(47)41(51)43(53)39(35)49)21-13-16-29-26(18-21)24-14-11-19-7-3-4-8-22(19)44(24)54-29/h3-18H,46-53H2,1-2H3. The van der Waals surface area contributed by atoms with Gasteiger partial charge in [-0.2, -0.15) is 0 Å². The van der Waals surface area contributed by atoms with Gasteiger partial charge in [-0.25, -0.2) is 0 Å². The van der Waals surface area contributed by atoms with Crippen molar-refractivity contribution in [3.05, 3.63) is 108 Å². The van der Waals surface area contributed by atoms with E-state index in [-0.39, 0.29) is 5.41 Å². The van der Waals surface area contributed by atoms with Crippen molar-refractivity contribution in [2.24, 2.45) is 0 Å². The van der Waals surface area contributed by atoms with Crippen molar-refractivity contribution < 1.29 is 4.42 Å². The van der Waals surface area contributed by atoms with Gasteiger partial charge in [0.2, 0.25) is 0 Å². The summed E-state index contributed by atoms with van der Waals surface area (Å²) in [5.74, 6) is 0. The molecular weight excluding hydrogens is 643 g/mol. The Hall–Kier alpha value is -5.14. The molecule has 8 aromatic carbocycles. The molecule has 9 aromatic rings. The van der Waals surface area contributed by atoms with E-state index >= 15 is 0 Å². The van der Waals surface area contributed by atoms with Crippen LogP contribution in [-0.4, -0.2) is 62.8 Å². The molecule has 0 unspecified atom stereocenters. The molecule has 0 spiro atoms. The zero-order chi connectivity index (χ0) is 37.5. The average Bonchev–Trinajstić information content (AvgIpc) is 3.68. The van der Waals surface area contributed by atoms with Crippen molar-refractivity contribution in [3.8, 4) is 33.4 Å². The van der Waals surface area contributed by atoms with Crippen LogP contribution in [0.1, 0.15) is 25.0 Å². The molecule has 0 saturated heterocycles.